The van der Waals surface area contributed by atoms with E-state index in [0.717, 1.165) is 18.3 Å². The van der Waals surface area contributed by atoms with Crippen molar-refractivity contribution in [2.45, 2.75) is 58.1 Å². The van der Waals surface area contributed by atoms with Crippen LogP contribution in [0, 0.1) is 20.8 Å². The van der Waals surface area contributed by atoms with Crippen molar-refractivity contribution in [2.24, 2.45) is 0 Å². The van der Waals surface area contributed by atoms with Crippen LogP contribution in [0.2, 0.25) is 0 Å². The molecule has 2 aliphatic carbocycles. The van der Waals surface area contributed by atoms with Gasteiger partial charge in [-0.3, -0.25) is 0 Å². The van der Waals surface area contributed by atoms with E-state index in [9.17, 15) is 0 Å². The highest BCUT2D eigenvalue weighted by Crippen LogP contribution is 2.42. The summed E-state index contributed by atoms with van der Waals surface area (Å²) in [6.07, 6.45) is 5.08. The maximum Gasteiger partial charge on any atom is 0.126 e. The molecule has 2 nitrogen and oxygen atoms in total. The first kappa shape index (κ1) is 12.0. The number of hydrogen-bond acceptors (Lipinski definition) is 2. The van der Waals surface area contributed by atoms with Gasteiger partial charge in [-0.1, -0.05) is 17.7 Å². The summed E-state index contributed by atoms with van der Waals surface area (Å²) in [5, 5.41) is 3.60. The molecule has 0 amide bonds. The van der Waals surface area contributed by atoms with Crippen molar-refractivity contribution in [1.29, 1.82) is 0 Å². The topological polar surface area (TPSA) is 21.3 Å². The summed E-state index contributed by atoms with van der Waals surface area (Å²) in [5.74, 6) is 1.11. The number of rotatable bonds is 5. The molecule has 18 heavy (non-hydrogen) atoms. The van der Waals surface area contributed by atoms with Crippen LogP contribution in [0.15, 0.2) is 12.1 Å². The van der Waals surface area contributed by atoms with E-state index in [2.05, 4.69) is 38.2 Å². The van der Waals surface area contributed by atoms with Crippen molar-refractivity contribution >= 4 is 0 Å². The van der Waals surface area contributed by atoms with Gasteiger partial charge in [0, 0.05) is 12.6 Å². The summed E-state index contributed by atoms with van der Waals surface area (Å²) in [6.45, 7) is 7.47. The van der Waals surface area contributed by atoms with Crippen molar-refractivity contribution in [2.75, 3.05) is 6.54 Å². The molecule has 1 aromatic rings. The molecule has 3 rings (SSSR count). The number of ether oxygens (including phenoxy) is 1. The minimum absolute atomic E-state index is 0.0906. The van der Waals surface area contributed by atoms with E-state index >= 15 is 0 Å². The van der Waals surface area contributed by atoms with Gasteiger partial charge >= 0.3 is 0 Å². The van der Waals surface area contributed by atoms with Gasteiger partial charge in [0.25, 0.3) is 0 Å². The molecule has 1 N–H and O–H groups in total. The van der Waals surface area contributed by atoms with Crippen LogP contribution in [-0.4, -0.2) is 18.2 Å². The first-order chi connectivity index (χ1) is 8.58. The average molecular weight is 245 g/mol. The number of aryl methyl sites for hydroxylation is 3. The van der Waals surface area contributed by atoms with Gasteiger partial charge in [-0.05, 0) is 57.6 Å². The molecule has 1 aromatic carbocycles. The predicted octanol–water partition coefficient (Wildman–Crippen LogP) is 3.28. The molecule has 0 aliphatic heterocycles. The maximum atomic E-state index is 6.35. The maximum absolute atomic E-state index is 6.35. The Bertz CT molecular complexity index is 435. The minimum atomic E-state index is 0.0906. The monoisotopic (exact) mass is 245 g/mol. The van der Waals surface area contributed by atoms with Crippen molar-refractivity contribution in [1.82, 2.24) is 5.32 Å². The van der Waals surface area contributed by atoms with Gasteiger partial charge < -0.3 is 10.1 Å². The van der Waals surface area contributed by atoms with E-state index < -0.39 is 0 Å². The van der Waals surface area contributed by atoms with Crippen LogP contribution < -0.4 is 10.1 Å². The largest absolute Gasteiger partial charge is 0.485 e. The molecule has 0 spiro atoms. The summed E-state index contributed by atoms with van der Waals surface area (Å²) in [4.78, 5) is 0. The number of hydrogen-bond donors (Lipinski definition) is 1. The second-order valence-electron chi connectivity index (χ2n) is 6.17. The summed E-state index contributed by atoms with van der Waals surface area (Å²) >= 11 is 0. The highest BCUT2D eigenvalue weighted by molar-refractivity contribution is 5.43. The first-order valence-corrected chi connectivity index (χ1v) is 7.08. The van der Waals surface area contributed by atoms with Crippen molar-refractivity contribution < 1.29 is 4.74 Å². The Balaban J connectivity index is 1.71. The number of benzene rings is 1. The van der Waals surface area contributed by atoms with Gasteiger partial charge in [0.15, 0.2) is 0 Å². The van der Waals surface area contributed by atoms with Crippen LogP contribution in [0.1, 0.15) is 42.4 Å². The Morgan fingerprint density at radius 1 is 1.17 bits per heavy atom. The minimum Gasteiger partial charge on any atom is -0.485 e. The van der Waals surface area contributed by atoms with Crippen LogP contribution in [-0.2, 0) is 0 Å². The predicted molar refractivity (Wildman–Crippen MR) is 74.3 cm³/mol. The third kappa shape index (κ3) is 2.54. The molecular weight excluding hydrogens is 222 g/mol. The van der Waals surface area contributed by atoms with Crippen molar-refractivity contribution in [3.05, 3.63) is 28.8 Å². The van der Waals surface area contributed by atoms with E-state index in [1.54, 1.807) is 0 Å². The van der Waals surface area contributed by atoms with E-state index in [4.69, 9.17) is 4.74 Å². The van der Waals surface area contributed by atoms with E-state index in [1.807, 2.05) is 0 Å². The Morgan fingerprint density at radius 2 is 1.78 bits per heavy atom. The summed E-state index contributed by atoms with van der Waals surface area (Å²) in [5.41, 5.74) is 3.95. The van der Waals surface area contributed by atoms with Gasteiger partial charge in [0.2, 0.25) is 0 Å². The van der Waals surface area contributed by atoms with Gasteiger partial charge in [0.1, 0.15) is 11.4 Å². The molecule has 0 atom stereocenters. The third-order valence-corrected chi connectivity index (χ3v) is 4.02. The summed E-state index contributed by atoms with van der Waals surface area (Å²) < 4.78 is 6.35. The molecule has 0 heterocycles. The average Bonchev–Trinajstić information content (AvgIpc) is 3.17. The van der Waals surface area contributed by atoms with Crippen molar-refractivity contribution in [3.8, 4) is 5.75 Å². The van der Waals surface area contributed by atoms with E-state index in [0.29, 0.717) is 0 Å². The highest BCUT2D eigenvalue weighted by atomic mass is 16.5. The normalized spacial score (nSPS) is 20.8. The molecule has 0 saturated heterocycles. The Kier molecular flexibility index (Phi) is 2.86. The van der Waals surface area contributed by atoms with Gasteiger partial charge in [-0.2, -0.15) is 0 Å². The second-order valence-corrected chi connectivity index (χ2v) is 6.17. The molecule has 98 valence electrons. The summed E-state index contributed by atoms with van der Waals surface area (Å²) in [6, 6.07) is 5.20. The second kappa shape index (κ2) is 4.27. The van der Waals surface area contributed by atoms with Crippen LogP contribution in [0.25, 0.3) is 0 Å². The standard InChI is InChI=1S/C16H23NO/c1-11-8-12(2)15(13(3)9-11)18-16(6-7-16)10-17-14-4-5-14/h8-9,14,17H,4-7,10H2,1-3H3. The lowest BCUT2D eigenvalue weighted by molar-refractivity contribution is 0.172. The molecule has 0 aromatic heterocycles. The van der Waals surface area contributed by atoms with Gasteiger partial charge in [0.05, 0.1) is 0 Å². The molecular formula is C16H23NO. The third-order valence-electron chi connectivity index (χ3n) is 4.02. The molecule has 0 unspecified atom stereocenters. The SMILES string of the molecule is Cc1cc(C)c(OC2(CNC3CC3)CC2)c(C)c1. The molecule has 0 radical (unpaired) electrons. The highest BCUT2D eigenvalue weighted by Gasteiger charge is 2.46. The fraction of sp³-hybridized carbons (Fsp3) is 0.625. The zero-order valence-corrected chi connectivity index (χ0v) is 11.7. The quantitative estimate of drug-likeness (QED) is 0.859. The lowest BCUT2D eigenvalue weighted by atomic mass is 10.1. The molecule has 2 fully saturated rings. The van der Waals surface area contributed by atoms with Crippen LogP contribution >= 0.6 is 0 Å². The first-order valence-electron chi connectivity index (χ1n) is 7.08. The lowest BCUT2D eigenvalue weighted by Crippen LogP contribution is -2.34. The molecule has 2 heteroatoms. The Hall–Kier alpha value is -1.02. The number of nitrogens with one attached hydrogen (secondary N) is 1. The van der Waals surface area contributed by atoms with Crippen LogP contribution in [0.5, 0.6) is 5.75 Å². The summed E-state index contributed by atoms with van der Waals surface area (Å²) in [7, 11) is 0. The van der Waals surface area contributed by atoms with Crippen LogP contribution in [0.4, 0.5) is 0 Å². The van der Waals surface area contributed by atoms with Crippen molar-refractivity contribution in [3.63, 3.8) is 0 Å². The lowest BCUT2D eigenvalue weighted by Gasteiger charge is -2.22. The smallest absolute Gasteiger partial charge is 0.126 e. The molecule has 2 saturated carbocycles. The zero-order valence-electron chi connectivity index (χ0n) is 11.7. The van der Waals surface area contributed by atoms with E-state index in [-0.39, 0.29) is 5.60 Å². The fourth-order valence-corrected chi connectivity index (χ4v) is 2.62. The van der Waals surface area contributed by atoms with Gasteiger partial charge in [-0.25, -0.2) is 0 Å². The Morgan fingerprint density at radius 3 is 2.28 bits per heavy atom. The van der Waals surface area contributed by atoms with Crippen LogP contribution in [0.3, 0.4) is 0 Å². The zero-order chi connectivity index (χ0) is 12.8. The van der Waals surface area contributed by atoms with E-state index in [1.165, 1.54) is 42.4 Å². The molecule has 0 bridgehead atoms. The Labute approximate surface area is 110 Å². The van der Waals surface area contributed by atoms with Gasteiger partial charge in [-0.15, -0.1) is 0 Å². The fourth-order valence-electron chi connectivity index (χ4n) is 2.62. The molecule has 2 aliphatic rings.